The third-order valence-electron chi connectivity index (χ3n) is 12.3. The summed E-state index contributed by atoms with van der Waals surface area (Å²) >= 11 is 0. The number of hydrogen-bond donors (Lipinski definition) is 3. The van der Waals surface area contributed by atoms with Crippen molar-refractivity contribution in [2.24, 2.45) is 5.92 Å². The van der Waals surface area contributed by atoms with Crippen LogP contribution in [-0.2, 0) is 25.5 Å². The maximum atomic E-state index is 14.7. The van der Waals surface area contributed by atoms with Gasteiger partial charge in [-0.25, -0.2) is 23.5 Å². The second-order valence-electron chi connectivity index (χ2n) is 16.2. The highest BCUT2D eigenvalue weighted by Crippen LogP contribution is 2.41. The van der Waals surface area contributed by atoms with Crippen LogP contribution in [0.4, 0.5) is 13.6 Å². The Kier molecular flexibility index (Phi) is 11.1. The molecule has 3 saturated heterocycles. The van der Waals surface area contributed by atoms with E-state index < -0.39 is 37.1 Å². The number of likely N-dealkylation sites (tertiary alicyclic amines) is 2. The second kappa shape index (κ2) is 16.9. The summed E-state index contributed by atoms with van der Waals surface area (Å²) in [6.45, 7) is 1.05. The molecule has 3 aliphatic heterocycles. The van der Waals surface area contributed by atoms with Crippen molar-refractivity contribution < 1.29 is 32.6 Å². The van der Waals surface area contributed by atoms with E-state index in [1.807, 2.05) is 65.7 Å². The fraction of sp³-hybridized carbons (Fsp3) is 0.340. The molecule has 3 fully saturated rings. The van der Waals surface area contributed by atoms with Crippen LogP contribution < -0.4 is 5.32 Å². The van der Waals surface area contributed by atoms with E-state index in [9.17, 15) is 23.2 Å². The Morgan fingerprint density at radius 1 is 0.803 bits per heavy atom. The van der Waals surface area contributed by atoms with Gasteiger partial charge >= 0.3 is 6.09 Å². The first-order valence-electron chi connectivity index (χ1n) is 20.8. The van der Waals surface area contributed by atoms with Gasteiger partial charge in [-0.05, 0) is 76.8 Å². The number of alkyl halides is 2. The first-order chi connectivity index (χ1) is 29.6. The topological polar surface area (TPSA) is 146 Å². The zero-order valence-corrected chi connectivity index (χ0v) is 33.8. The molecule has 6 aromatic rings. The smallest absolute Gasteiger partial charge is 0.407 e. The van der Waals surface area contributed by atoms with E-state index in [4.69, 9.17) is 14.5 Å². The quantitative estimate of drug-likeness (QED) is 0.126. The number of methoxy groups -OCH3 is 1. The molecule has 0 bridgehead atoms. The highest BCUT2D eigenvalue weighted by Gasteiger charge is 2.48. The molecule has 3 atom stereocenters. The van der Waals surface area contributed by atoms with Gasteiger partial charge in [0.1, 0.15) is 17.7 Å². The van der Waals surface area contributed by atoms with Crippen LogP contribution in [0.2, 0.25) is 0 Å². The van der Waals surface area contributed by atoms with Gasteiger partial charge in [-0.2, -0.15) is 0 Å². The number of benzene rings is 4. The predicted molar refractivity (Wildman–Crippen MR) is 225 cm³/mol. The number of alkyl carbamates (subject to hydrolysis) is 1. The van der Waals surface area contributed by atoms with E-state index in [-0.39, 0.29) is 30.2 Å². The van der Waals surface area contributed by atoms with E-state index in [0.717, 1.165) is 57.1 Å². The Balaban J connectivity index is 0.874. The van der Waals surface area contributed by atoms with Gasteiger partial charge in [-0.3, -0.25) is 9.59 Å². The zero-order chi connectivity index (χ0) is 42.1. The zero-order valence-electron chi connectivity index (χ0n) is 33.8. The van der Waals surface area contributed by atoms with E-state index in [0.29, 0.717) is 49.9 Å². The number of amides is 3. The minimum absolute atomic E-state index is 0.0387. The van der Waals surface area contributed by atoms with Gasteiger partial charge in [0.05, 0.1) is 55.9 Å². The number of aromatic amines is 2. The summed E-state index contributed by atoms with van der Waals surface area (Å²) in [5.41, 5.74) is 6.17. The van der Waals surface area contributed by atoms with Gasteiger partial charge in [0.25, 0.3) is 5.92 Å². The van der Waals surface area contributed by atoms with Crippen molar-refractivity contribution in [2.45, 2.75) is 62.6 Å². The minimum atomic E-state index is -3.00. The van der Waals surface area contributed by atoms with E-state index in [2.05, 4.69) is 56.7 Å². The number of imidazole rings is 2. The van der Waals surface area contributed by atoms with Crippen molar-refractivity contribution in [3.8, 4) is 33.6 Å². The fourth-order valence-corrected chi connectivity index (χ4v) is 9.05. The number of fused-ring (bicyclic) bond motifs is 1. The summed E-state index contributed by atoms with van der Waals surface area (Å²) in [4.78, 5) is 58.4. The molecule has 12 nitrogen and oxygen atoms in total. The third-order valence-corrected chi connectivity index (χ3v) is 12.3. The standard InChI is InChI=1S/C47H47F2N7O5/c1-60-46(59)54-42(32-17-20-61-21-18-32)45(58)55-19-5-8-39(55)43-50-27-38(53-43)36-16-15-34-23-33(13-14-35(34)24-36)30-9-11-31(12-10-30)37-26-51-44(52-37)40-25-47(48,49)28-56(40)41(57)22-29-6-3-2-4-7-29/h2-4,6-7,9-16,23-24,26-27,32,39-40,42H,5,8,17-22,25,28H2,1H3,(H,50,53)(H,51,52)(H,54,59). The Labute approximate surface area is 351 Å². The molecule has 3 unspecified atom stereocenters. The number of aromatic nitrogens is 4. The van der Waals surface area contributed by atoms with Crippen molar-refractivity contribution in [2.75, 3.05) is 33.4 Å². The van der Waals surface area contributed by atoms with Gasteiger partial charge in [0.2, 0.25) is 11.8 Å². The second-order valence-corrected chi connectivity index (χ2v) is 16.2. The summed E-state index contributed by atoms with van der Waals surface area (Å²) in [5.74, 6) is -2.46. The number of H-pyrrole nitrogens is 2. The highest BCUT2D eigenvalue weighted by molar-refractivity contribution is 5.91. The number of nitrogens with one attached hydrogen (secondary N) is 3. The van der Waals surface area contributed by atoms with E-state index in [1.165, 1.54) is 12.0 Å². The lowest BCUT2D eigenvalue weighted by Crippen LogP contribution is -2.53. The molecule has 61 heavy (non-hydrogen) atoms. The lowest BCUT2D eigenvalue weighted by molar-refractivity contribution is -0.137. The normalized spacial score (nSPS) is 19.6. The number of nitrogens with zero attached hydrogens (tertiary/aromatic N) is 4. The molecular formula is C47H47F2N7O5. The van der Waals surface area contributed by atoms with Crippen molar-refractivity contribution in [1.29, 1.82) is 0 Å². The van der Waals surface area contributed by atoms with E-state index >= 15 is 0 Å². The van der Waals surface area contributed by atoms with Crippen LogP contribution in [0, 0.1) is 5.92 Å². The number of ether oxygens (including phenoxy) is 2. The highest BCUT2D eigenvalue weighted by atomic mass is 19.3. The summed E-state index contributed by atoms with van der Waals surface area (Å²) in [6.07, 6.45) is 5.35. The Hall–Kier alpha value is -6.41. The number of carbonyl (C=O) groups excluding carboxylic acids is 3. The van der Waals surface area contributed by atoms with Crippen molar-refractivity contribution in [3.63, 3.8) is 0 Å². The van der Waals surface area contributed by atoms with Gasteiger partial charge in [0, 0.05) is 31.7 Å². The van der Waals surface area contributed by atoms with Crippen LogP contribution in [0.15, 0.2) is 103 Å². The van der Waals surface area contributed by atoms with E-state index in [1.54, 1.807) is 6.20 Å². The SMILES string of the molecule is COC(=O)NC(C(=O)N1CCCC1c1ncc(-c2ccc3cc(-c4ccc(-c5cnc(C6CC(F)(F)CN6C(=O)Cc6ccccc6)[nH]5)cc4)ccc3c2)[nH]1)C1CCOCC1. The molecule has 0 saturated carbocycles. The molecule has 5 heterocycles. The molecule has 0 spiro atoms. The molecule has 4 aromatic carbocycles. The largest absolute Gasteiger partial charge is 0.453 e. The fourth-order valence-electron chi connectivity index (χ4n) is 9.05. The van der Waals surface area contributed by atoms with Crippen molar-refractivity contribution in [3.05, 3.63) is 121 Å². The van der Waals surface area contributed by atoms with Gasteiger partial charge in [0.15, 0.2) is 0 Å². The molecule has 3 amide bonds. The molecule has 3 aliphatic rings. The average molecular weight is 828 g/mol. The lowest BCUT2D eigenvalue weighted by atomic mass is 9.90. The average Bonchev–Trinajstić information content (AvgIpc) is 4.12. The molecular weight excluding hydrogens is 781 g/mol. The first kappa shape index (κ1) is 40.0. The van der Waals surface area contributed by atoms with Crippen LogP contribution in [0.1, 0.15) is 61.4 Å². The number of rotatable bonds is 10. The Morgan fingerprint density at radius 2 is 1.43 bits per heavy atom. The molecule has 314 valence electrons. The van der Waals surface area contributed by atoms with Crippen LogP contribution in [-0.4, -0.2) is 93.0 Å². The van der Waals surface area contributed by atoms with Gasteiger partial charge < -0.3 is 34.6 Å². The predicted octanol–water partition coefficient (Wildman–Crippen LogP) is 8.25. The minimum Gasteiger partial charge on any atom is -0.453 e. The van der Waals surface area contributed by atoms with Crippen LogP contribution in [0.25, 0.3) is 44.4 Å². The first-order valence-corrected chi connectivity index (χ1v) is 20.8. The van der Waals surface area contributed by atoms with Crippen LogP contribution >= 0.6 is 0 Å². The third kappa shape index (κ3) is 8.49. The number of halogens is 2. The Morgan fingerprint density at radius 3 is 2.13 bits per heavy atom. The van der Waals surface area contributed by atoms with Gasteiger partial charge in [-0.15, -0.1) is 0 Å². The van der Waals surface area contributed by atoms with Crippen molar-refractivity contribution in [1.82, 2.24) is 35.1 Å². The molecule has 2 aromatic heterocycles. The molecule has 9 rings (SSSR count). The monoisotopic (exact) mass is 827 g/mol. The maximum absolute atomic E-state index is 14.7. The summed E-state index contributed by atoms with van der Waals surface area (Å²) < 4.78 is 39.8. The van der Waals surface area contributed by atoms with Crippen molar-refractivity contribution >= 4 is 28.7 Å². The Bertz CT molecular complexity index is 2540. The summed E-state index contributed by atoms with van der Waals surface area (Å²) in [7, 11) is 1.30. The molecule has 3 N–H and O–H groups in total. The number of hydrogen-bond acceptors (Lipinski definition) is 7. The molecule has 0 aliphatic carbocycles. The summed E-state index contributed by atoms with van der Waals surface area (Å²) in [6, 6.07) is 27.9. The lowest BCUT2D eigenvalue weighted by Gasteiger charge is -2.34. The number of carbonyl (C=O) groups is 3. The van der Waals surface area contributed by atoms with Gasteiger partial charge in [-0.1, -0.05) is 78.9 Å². The summed E-state index contributed by atoms with van der Waals surface area (Å²) in [5, 5.41) is 4.92. The maximum Gasteiger partial charge on any atom is 0.407 e. The van der Waals surface area contributed by atoms with Crippen LogP contribution in [0.3, 0.4) is 0 Å². The molecule has 0 radical (unpaired) electrons. The molecule has 14 heteroatoms. The van der Waals surface area contributed by atoms with Crippen LogP contribution in [0.5, 0.6) is 0 Å².